The lowest BCUT2D eigenvalue weighted by molar-refractivity contribution is 0.0728. The normalized spacial score (nSPS) is 10.5. The van der Waals surface area contributed by atoms with Crippen LogP contribution in [0.3, 0.4) is 0 Å². The SMILES string of the molecule is CCOc1cc(C=NNC(N)=S)cc(Cl)c1OC(=O)c1ccccc1. The number of carbonyl (C=O) groups excluding carboxylic acids is 1. The molecule has 25 heavy (non-hydrogen) atoms. The second kappa shape index (κ2) is 9.00. The van der Waals surface area contributed by atoms with E-state index in [0.717, 1.165) is 0 Å². The van der Waals surface area contributed by atoms with Crippen molar-refractivity contribution in [3.05, 3.63) is 58.6 Å². The molecule has 0 bridgehead atoms. The summed E-state index contributed by atoms with van der Waals surface area (Å²) in [6, 6.07) is 11.8. The predicted octanol–water partition coefficient (Wildman–Crippen LogP) is 3.13. The summed E-state index contributed by atoms with van der Waals surface area (Å²) in [6.07, 6.45) is 1.47. The molecule has 0 atom stereocenters. The lowest BCUT2D eigenvalue weighted by Crippen LogP contribution is -2.24. The van der Waals surface area contributed by atoms with Crippen LogP contribution in [0.15, 0.2) is 47.6 Å². The van der Waals surface area contributed by atoms with Crippen molar-refractivity contribution in [1.82, 2.24) is 5.43 Å². The molecule has 0 aliphatic carbocycles. The Hall–Kier alpha value is -2.64. The van der Waals surface area contributed by atoms with Gasteiger partial charge in [0.1, 0.15) is 0 Å². The molecular weight excluding hydrogens is 362 g/mol. The minimum absolute atomic E-state index is 0.0424. The van der Waals surface area contributed by atoms with Gasteiger partial charge in [-0.15, -0.1) is 0 Å². The maximum absolute atomic E-state index is 12.3. The molecule has 2 rings (SSSR count). The van der Waals surface area contributed by atoms with Crippen molar-refractivity contribution in [3.63, 3.8) is 0 Å². The first-order chi connectivity index (χ1) is 12.0. The number of carbonyl (C=O) groups is 1. The summed E-state index contributed by atoms with van der Waals surface area (Å²) in [4.78, 5) is 12.3. The lowest BCUT2D eigenvalue weighted by Gasteiger charge is -2.13. The molecule has 0 saturated carbocycles. The van der Waals surface area contributed by atoms with E-state index in [9.17, 15) is 4.79 Å². The van der Waals surface area contributed by atoms with Crippen LogP contribution in [0.25, 0.3) is 0 Å². The van der Waals surface area contributed by atoms with E-state index < -0.39 is 5.97 Å². The van der Waals surface area contributed by atoms with E-state index in [-0.39, 0.29) is 15.9 Å². The zero-order valence-corrected chi connectivity index (χ0v) is 14.9. The molecule has 0 aromatic heterocycles. The van der Waals surface area contributed by atoms with Gasteiger partial charge in [0.2, 0.25) is 0 Å². The van der Waals surface area contributed by atoms with Crippen LogP contribution in [0.1, 0.15) is 22.8 Å². The summed E-state index contributed by atoms with van der Waals surface area (Å²) in [5, 5.41) is 4.12. The van der Waals surface area contributed by atoms with Gasteiger partial charge in [-0.25, -0.2) is 4.79 Å². The van der Waals surface area contributed by atoms with Crippen LogP contribution in [0.2, 0.25) is 5.02 Å². The topological polar surface area (TPSA) is 85.9 Å². The molecule has 0 heterocycles. The van der Waals surface area contributed by atoms with Crippen molar-refractivity contribution >= 4 is 41.1 Å². The van der Waals surface area contributed by atoms with Gasteiger partial charge in [-0.2, -0.15) is 5.10 Å². The fourth-order valence-electron chi connectivity index (χ4n) is 1.92. The van der Waals surface area contributed by atoms with Crippen molar-refractivity contribution in [2.75, 3.05) is 6.61 Å². The van der Waals surface area contributed by atoms with Crippen molar-refractivity contribution < 1.29 is 14.3 Å². The molecule has 0 aliphatic heterocycles. The Kier molecular flexibility index (Phi) is 6.73. The first-order valence-corrected chi connectivity index (χ1v) is 8.12. The van der Waals surface area contributed by atoms with Crippen molar-refractivity contribution in [1.29, 1.82) is 0 Å². The van der Waals surface area contributed by atoms with Crippen LogP contribution in [0, 0.1) is 0 Å². The summed E-state index contributed by atoms with van der Waals surface area (Å²) in [6.45, 7) is 2.18. The summed E-state index contributed by atoms with van der Waals surface area (Å²) < 4.78 is 10.9. The highest BCUT2D eigenvalue weighted by Gasteiger charge is 2.17. The number of thiocarbonyl (C=S) groups is 1. The molecule has 6 nitrogen and oxygen atoms in total. The maximum atomic E-state index is 12.3. The molecule has 130 valence electrons. The summed E-state index contributed by atoms with van der Waals surface area (Å²) in [5.41, 5.74) is 8.77. The van der Waals surface area contributed by atoms with E-state index >= 15 is 0 Å². The third kappa shape index (κ3) is 5.44. The van der Waals surface area contributed by atoms with Gasteiger partial charge in [-0.05, 0) is 49.0 Å². The second-order valence-corrected chi connectivity index (χ2v) is 5.60. The molecule has 0 unspecified atom stereocenters. The van der Waals surface area contributed by atoms with Crippen LogP contribution >= 0.6 is 23.8 Å². The number of halogens is 1. The second-order valence-electron chi connectivity index (χ2n) is 4.75. The number of nitrogens with two attached hydrogens (primary N) is 1. The zero-order valence-electron chi connectivity index (χ0n) is 13.4. The molecule has 2 aromatic rings. The Balaban J connectivity index is 2.29. The Morgan fingerprint density at radius 1 is 1.36 bits per heavy atom. The number of hydrogen-bond donors (Lipinski definition) is 2. The van der Waals surface area contributed by atoms with Crippen molar-refractivity contribution in [2.45, 2.75) is 6.92 Å². The fraction of sp³-hybridized carbons (Fsp3) is 0.118. The molecule has 0 saturated heterocycles. The molecule has 3 N–H and O–H groups in total. The third-order valence-corrected chi connectivity index (χ3v) is 3.30. The number of hydrazone groups is 1. The van der Waals surface area contributed by atoms with Crippen LogP contribution < -0.4 is 20.6 Å². The van der Waals surface area contributed by atoms with E-state index in [4.69, 9.17) is 26.8 Å². The van der Waals surface area contributed by atoms with Crippen LogP contribution in [-0.2, 0) is 0 Å². The Bertz CT molecular complexity index is 797. The Labute approximate surface area is 155 Å². The van der Waals surface area contributed by atoms with Gasteiger partial charge >= 0.3 is 5.97 Å². The quantitative estimate of drug-likeness (QED) is 0.264. The first kappa shape index (κ1) is 18.7. The minimum atomic E-state index is -0.528. The average molecular weight is 378 g/mol. The number of nitrogens with one attached hydrogen (secondary N) is 1. The van der Waals surface area contributed by atoms with Crippen LogP contribution in [0.4, 0.5) is 0 Å². The standard InChI is InChI=1S/C17H16ClN3O3S/c1-2-23-14-9-11(10-20-21-17(19)25)8-13(18)15(14)24-16(22)12-6-4-3-5-7-12/h3-10H,2H2,1H3,(H3,19,21,25). The predicted molar refractivity (Wildman–Crippen MR) is 102 cm³/mol. The van der Waals surface area contributed by atoms with E-state index in [1.807, 2.05) is 13.0 Å². The molecule has 0 spiro atoms. The number of esters is 1. The molecule has 0 fully saturated rings. The number of rotatable bonds is 6. The van der Waals surface area contributed by atoms with Gasteiger partial charge in [-0.1, -0.05) is 29.8 Å². The largest absolute Gasteiger partial charge is 0.490 e. The summed E-state index contributed by atoms with van der Waals surface area (Å²) >= 11 is 10.9. The molecule has 2 aromatic carbocycles. The molecule has 8 heteroatoms. The van der Waals surface area contributed by atoms with E-state index in [0.29, 0.717) is 23.5 Å². The Morgan fingerprint density at radius 3 is 2.72 bits per heavy atom. The monoisotopic (exact) mass is 377 g/mol. The molecule has 0 aliphatic rings. The van der Waals surface area contributed by atoms with E-state index in [1.165, 1.54) is 6.21 Å². The third-order valence-electron chi connectivity index (χ3n) is 2.92. The van der Waals surface area contributed by atoms with Gasteiger partial charge < -0.3 is 15.2 Å². The highest BCUT2D eigenvalue weighted by molar-refractivity contribution is 7.80. The smallest absolute Gasteiger partial charge is 0.343 e. The lowest BCUT2D eigenvalue weighted by atomic mass is 10.2. The molecule has 0 amide bonds. The molecule has 0 radical (unpaired) electrons. The Morgan fingerprint density at radius 2 is 2.08 bits per heavy atom. The van der Waals surface area contributed by atoms with Gasteiger partial charge in [0, 0.05) is 0 Å². The van der Waals surface area contributed by atoms with Crippen LogP contribution in [0.5, 0.6) is 11.5 Å². The number of ether oxygens (including phenoxy) is 2. The van der Waals surface area contributed by atoms with Gasteiger partial charge in [0.15, 0.2) is 16.6 Å². The van der Waals surface area contributed by atoms with Crippen molar-refractivity contribution in [2.24, 2.45) is 10.8 Å². The first-order valence-electron chi connectivity index (χ1n) is 7.33. The summed E-state index contributed by atoms with van der Waals surface area (Å²) in [5.74, 6) is -0.0482. The van der Waals surface area contributed by atoms with Gasteiger partial charge in [-0.3, -0.25) is 5.43 Å². The number of benzene rings is 2. The number of hydrogen-bond acceptors (Lipinski definition) is 5. The summed E-state index contributed by atoms with van der Waals surface area (Å²) in [7, 11) is 0. The van der Waals surface area contributed by atoms with E-state index in [2.05, 4.69) is 22.7 Å². The minimum Gasteiger partial charge on any atom is -0.490 e. The van der Waals surface area contributed by atoms with Crippen molar-refractivity contribution in [3.8, 4) is 11.5 Å². The number of nitrogens with zero attached hydrogens (tertiary/aromatic N) is 1. The molecular formula is C17H16ClN3O3S. The maximum Gasteiger partial charge on any atom is 0.343 e. The zero-order chi connectivity index (χ0) is 18.2. The van der Waals surface area contributed by atoms with Gasteiger partial charge in [0.05, 0.1) is 23.4 Å². The van der Waals surface area contributed by atoms with E-state index in [1.54, 1.807) is 36.4 Å². The fourth-order valence-corrected chi connectivity index (χ4v) is 2.23. The highest BCUT2D eigenvalue weighted by Crippen LogP contribution is 2.36. The highest BCUT2D eigenvalue weighted by atomic mass is 35.5. The average Bonchev–Trinajstić information content (AvgIpc) is 2.58. The van der Waals surface area contributed by atoms with Crippen LogP contribution in [-0.4, -0.2) is 23.9 Å². The van der Waals surface area contributed by atoms with Gasteiger partial charge in [0.25, 0.3) is 0 Å².